The molecule has 2 aromatic heterocycles. The molecule has 120 valence electrons. The zero-order chi connectivity index (χ0) is 16.1. The molecule has 0 saturated carbocycles. The van der Waals surface area contributed by atoms with E-state index in [0.717, 1.165) is 12.8 Å². The number of hydrogen-bond donors (Lipinski definition) is 0. The maximum atomic E-state index is 12.4. The molecule has 1 saturated heterocycles. The van der Waals surface area contributed by atoms with Crippen molar-refractivity contribution in [1.82, 2.24) is 25.1 Å². The van der Waals surface area contributed by atoms with Gasteiger partial charge in [-0.2, -0.15) is 0 Å². The predicted molar refractivity (Wildman–Crippen MR) is 80.2 cm³/mol. The second-order valence-electron chi connectivity index (χ2n) is 5.14. The second-order valence-corrected chi connectivity index (χ2v) is 5.14. The molecular formula is C15H17N5O3. The normalized spacial score (nSPS) is 17.6. The first-order valence-corrected chi connectivity index (χ1v) is 7.36. The van der Waals surface area contributed by atoms with Crippen LogP contribution in [-0.2, 0) is 0 Å². The molecule has 2 aromatic rings. The van der Waals surface area contributed by atoms with E-state index in [9.17, 15) is 4.79 Å². The minimum atomic E-state index is -0.132. The van der Waals surface area contributed by atoms with E-state index in [-0.39, 0.29) is 12.0 Å². The van der Waals surface area contributed by atoms with Crippen LogP contribution in [0.1, 0.15) is 23.3 Å². The van der Waals surface area contributed by atoms with Gasteiger partial charge in [-0.1, -0.05) is 0 Å². The molecule has 8 nitrogen and oxygen atoms in total. The van der Waals surface area contributed by atoms with E-state index < -0.39 is 0 Å². The fourth-order valence-corrected chi connectivity index (χ4v) is 2.44. The van der Waals surface area contributed by atoms with E-state index >= 15 is 0 Å². The summed E-state index contributed by atoms with van der Waals surface area (Å²) in [6, 6.07) is 3.39. The largest absolute Gasteiger partial charge is 0.480 e. The fourth-order valence-electron chi connectivity index (χ4n) is 2.44. The molecule has 0 aromatic carbocycles. The molecular weight excluding hydrogens is 298 g/mol. The minimum absolute atomic E-state index is 0.118. The highest BCUT2D eigenvalue weighted by Crippen LogP contribution is 2.18. The van der Waals surface area contributed by atoms with Crippen molar-refractivity contribution in [3.63, 3.8) is 0 Å². The molecule has 1 unspecified atom stereocenters. The van der Waals surface area contributed by atoms with E-state index in [1.165, 1.54) is 19.5 Å². The summed E-state index contributed by atoms with van der Waals surface area (Å²) < 4.78 is 10.8. The molecule has 1 aliphatic heterocycles. The van der Waals surface area contributed by atoms with Gasteiger partial charge in [-0.15, -0.1) is 10.2 Å². The summed E-state index contributed by atoms with van der Waals surface area (Å²) in [7, 11) is 1.53. The standard InChI is InChI=1S/C15H17N5O3/c1-22-13-4-5-14(19-18-13)23-11-3-2-8-20(10-11)15(21)12-9-16-6-7-17-12/h4-7,9,11H,2-3,8,10H2,1H3. The van der Waals surface area contributed by atoms with Crippen molar-refractivity contribution in [2.45, 2.75) is 18.9 Å². The number of methoxy groups -OCH3 is 1. The molecule has 1 fully saturated rings. The topological polar surface area (TPSA) is 90.3 Å². The zero-order valence-electron chi connectivity index (χ0n) is 12.8. The van der Waals surface area contributed by atoms with Crippen molar-refractivity contribution in [3.05, 3.63) is 36.4 Å². The lowest BCUT2D eigenvalue weighted by molar-refractivity contribution is 0.0519. The number of amides is 1. The predicted octanol–water partition coefficient (Wildman–Crippen LogP) is 0.959. The van der Waals surface area contributed by atoms with E-state index in [1.807, 2.05) is 0 Å². The number of piperidine rings is 1. The van der Waals surface area contributed by atoms with Gasteiger partial charge in [0.1, 0.15) is 11.8 Å². The monoisotopic (exact) mass is 315 g/mol. The molecule has 3 rings (SSSR count). The lowest BCUT2D eigenvalue weighted by Gasteiger charge is -2.32. The summed E-state index contributed by atoms with van der Waals surface area (Å²) in [6.07, 6.45) is 6.13. The summed E-state index contributed by atoms with van der Waals surface area (Å²) in [5.41, 5.74) is 0.345. The van der Waals surface area contributed by atoms with Crippen LogP contribution in [0.15, 0.2) is 30.7 Å². The highest BCUT2D eigenvalue weighted by Gasteiger charge is 2.26. The molecule has 8 heteroatoms. The average Bonchev–Trinajstić information content (AvgIpc) is 2.63. The summed E-state index contributed by atoms with van der Waals surface area (Å²) in [5, 5.41) is 7.82. The third-order valence-corrected chi connectivity index (χ3v) is 3.56. The van der Waals surface area contributed by atoms with Gasteiger partial charge in [0.05, 0.1) is 19.9 Å². The van der Waals surface area contributed by atoms with E-state index in [0.29, 0.717) is 30.5 Å². The smallest absolute Gasteiger partial charge is 0.274 e. The quantitative estimate of drug-likeness (QED) is 0.830. The number of carbonyl (C=O) groups is 1. The van der Waals surface area contributed by atoms with Crippen LogP contribution < -0.4 is 9.47 Å². The van der Waals surface area contributed by atoms with Gasteiger partial charge in [0, 0.05) is 31.1 Å². The van der Waals surface area contributed by atoms with Crippen molar-refractivity contribution >= 4 is 5.91 Å². The Morgan fingerprint density at radius 2 is 2.09 bits per heavy atom. The minimum Gasteiger partial charge on any atom is -0.480 e. The summed E-state index contributed by atoms with van der Waals surface area (Å²) >= 11 is 0. The Balaban J connectivity index is 1.62. The Kier molecular flexibility index (Phi) is 4.60. The molecule has 1 amide bonds. The molecule has 23 heavy (non-hydrogen) atoms. The van der Waals surface area contributed by atoms with Crippen molar-refractivity contribution < 1.29 is 14.3 Å². The molecule has 0 N–H and O–H groups in total. The molecule has 1 aliphatic rings. The van der Waals surface area contributed by atoms with Crippen molar-refractivity contribution in [2.24, 2.45) is 0 Å². The first-order valence-electron chi connectivity index (χ1n) is 7.36. The Morgan fingerprint density at radius 3 is 2.78 bits per heavy atom. The summed E-state index contributed by atoms with van der Waals surface area (Å²) in [4.78, 5) is 22.1. The molecule has 3 heterocycles. The third kappa shape index (κ3) is 3.71. The number of likely N-dealkylation sites (tertiary alicyclic amines) is 1. The van der Waals surface area contributed by atoms with Crippen molar-refractivity contribution in [1.29, 1.82) is 0 Å². The maximum absolute atomic E-state index is 12.4. The molecule has 0 aliphatic carbocycles. The lowest BCUT2D eigenvalue weighted by Crippen LogP contribution is -2.44. The van der Waals surface area contributed by atoms with Gasteiger partial charge in [0.15, 0.2) is 0 Å². The van der Waals surface area contributed by atoms with Crippen LogP contribution in [0.25, 0.3) is 0 Å². The van der Waals surface area contributed by atoms with Gasteiger partial charge < -0.3 is 14.4 Å². The van der Waals surface area contributed by atoms with Crippen molar-refractivity contribution in [3.8, 4) is 11.8 Å². The Labute approximate surface area is 133 Å². The van der Waals surface area contributed by atoms with Crippen LogP contribution in [0, 0.1) is 0 Å². The van der Waals surface area contributed by atoms with E-state index in [2.05, 4.69) is 20.2 Å². The first kappa shape index (κ1) is 15.1. The highest BCUT2D eigenvalue weighted by molar-refractivity contribution is 5.92. The summed E-state index contributed by atoms with van der Waals surface area (Å²) in [5.74, 6) is 0.720. The van der Waals surface area contributed by atoms with Crippen LogP contribution >= 0.6 is 0 Å². The SMILES string of the molecule is COc1ccc(OC2CCCN(C(=O)c3cnccn3)C2)nn1. The molecule has 0 radical (unpaired) electrons. The number of aromatic nitrogens is 4. The Bertz CT molecular complexity index is 650. The molecule has 1 atom stereocenters. The fraction of sp³-hybridized carbons (Fsp3) is 0.400. The van der Waals surface area contributed by atoms with Crippen LogP contribution in [0.5, 0.6) is 11.8 Å². The third-order valence-electron chi connectivity index (χ3n) is 3.56. The van der Waals surface area contributed by atoms with Gasteiger partial charge in [-0.3, -0.25) is 9.78 Å². The van der Waals surface area contributed by atoms with Gasteiger partial charge in [0.25, 0.3) is 5.91 Å². The number of nitrogens with zero attached hydrogens (tertiary/aromatic N) is 5. The average molecular weight is 315 g/mol. The van der Waals surface area contributed by atoms with Crippen LogP contribution in [0.3, 0.4) is 0 Å². The van der Waals surface area contributed by atoms with E-state index in [4.69, 9.17) is 9.47 Å². The van der Waals surface area contributed by atoms with Gasteiger partial charge in [0.2, 0.25) is 11.8 Å². The molecule has 0 bridgehead atoms. The highest BCUT2D eigenvalue weighted by atomic mass is 16.5. The summed E-state index contributed by atoms with van der Waals surface area (Å²) in [6.45, 7) is 1.17. The van der Waals surface area contributed by atoms with Gasteiger partial charge >= 0.3 is 0 Å². The van der Waals surface area contributed by atoms with Crippen LogP contribution in [-0.4, -0.2) is 57.3 Å². The number of hydrogen-bond acceptors (Lipinski definition) is 7. The maximum Gasteiger partial charge on any atom is 0.274 e. The Hall–Kier alpha value is -2.77. The first-order chi connectivity index (χ1) is 11.3. The van der Waals surface area contributed by atoms with Gasteiger partial charge in [-0.05, 0) is 12.8 Å². The number of ether oxygens (including phenoxy) is 2. The second kappa shape index (κ2) is 6.99. The number of carbonyl (C=O) groups excluding carboxylic acids is 1. The molecule has 0 spiro atoms. The van der Waals surface area contributed by atoms with Crippen molar-refractivity contribution in [2.75, 3.05) is 20.2 Å². The van der Waals surface area contributed by atoms with Crippen LogP contribution in [0.2, 0.25) is 0 Å². The van der Waals surface area contributed by atoms with E-state index in [1.54, 1.807) is 23.2 Å². The van der Waals surface area contributed by atoms with Crippen LogP contribution in [0.4, 0.5) is 0 Å². The number of rotatable bonds is 4. The zero-order valence-corrected chi connectivity index (χ0v) is 12.8. The lowest BCUT2D eigenvalue weighted by atomic mass is 10.1. The Morgan fingerprint density at radius 1 is 1.26 bits per heavy atom. The van der Waals surface area contributed by atoms with Gasteiger partial charge in [-0.25, -0.2) is 4.98 Å².